The molecule has 0 radical (unpaired) electrons. The third-order valence-corrected chi connectivity index (χ3v) is 3.14. The molecule has 7 heteroatoms. The van der Waals surface area contributed by atoms with Gasteiger partial charge in [-0.2, -0.15) is 0 Å². The molecule has 5 nitrogen and oxygen atoms in total. The molecule has 0 aromatic heterocycles. The first-order valence-corrected chi connectivity index (χ1v) is 5.50. The van der Waals surface area contributed by atoms with Crippen LogP contribution in [0.15, 0.2) is 18.2 Å². The molecule has 1 saturated heterocycles. The molecule has 1 aromatic carbocycles. The highest BCUT2D eigenvalue weighted by Gasteiger charge is 2.26. The van der Waals surface area contributed by atoms with Crippen LogP contribution in [0.1, 0.15) is 12.0 Å². The van der Waals surface area contributed by atoms with E-state index in [1.54, 1.807) is 11.9 Å². The van der Waals surface area contributed by atoms with Crippen LogP contribution in [0.3, 0.4) is 0 Å². The molecule has 2 rings (SSSR count). The molecule has 1 fully saturated rings. The van der Waals surface area contributed by atoms with E-state index in [0.29, 0.717) is 5.69 Å². The highest BCUT2D eigenvalue weighted by Crippen LogP contribution is 2.33. The minimum atomic E-state index is -2.73. The van der Waals surface area contributed by atoms with E-state index in [-0.39, 0.29) is 17.3 Å². The normalized spacial score (nSPS) is 15.6. The minimum Gasteiger partial charge on any atom is -0.369 e. The number of nitrogens with zero attached hydrogens (tertiary/aromatic N) is 2. The average Bonchev–Trinajstić information content (AvgIpc) is 2.25. The molecule has 0 atom stereocenters. The van der Waals surface area contributed by atoms with Gasteiger partial charge in [-0.15, -0.1) is 0 Å². The molecule has 0 amide bonds. The summed E-state index contributed by atoms with van der Waals surface area (Å²) in [6, 6.07) is 3.74. The number of likely N-dealkylation sites (N-methyl/N-ethyl adjacent to an activating group) is 1. The van der Waals surface area contributed by atoms with Gasteiger partial charge in [0.2, 0.25) is 0 Å². The van der Waals surface area contributed by atoms with Crippen LogP contribution in [0.2, 0.25) is 0 Å². The van der Waals surface area contributed by atoms with Crippen LogP contribution in [0, 0.1) is 10.1 Å². The fraction of sp³-hybridized carbons (Fsp3) is 0.455. The number of halogens is 2. The quantitative estimate of drug-likeness (QED) is 0.661. The van der Waals surface area contributed by atoms with E-state index in [1.807, 2.05) is 0 Å². The Kier molecular flexibility index (Phi) is 3.42. The summed E-state index contributed by atoms with van der Waals surface area (Å²) >= 11 is 0. The summed E-state index contributed by atoms with van der Waals surface area (Å²) in [5.41, 5.74) is -0.255. The monoisotopic (exact) mass is 257 g/mol. The Hall–Kier alpha value is -1.76. The van der Waals surface area contributed by atoms with Gasteiger partial charge in [-0.1, -0.05) is 0 Å². The van der Waals surface area contributed by atoms with Gasteiger partial charge in [-0.25, -0.2) is 8.78 Å². The Bertz CT molecular complexity index is 464. The Morgan fingerprint density at radius 3 is 2.61 bits per heavy atom. The Balaban J connectivity index is 2.36. The van der Waals surface area contributed by atoms with Crippen LogP contribution in [-0.4, -0.2) is 31.1 Å². The van der Waals surface area contributed by atoms with Gasteiger partial charge in [-0.3, -0.25) is 10.1 Å². The smallest absolute Gasteiger partial charge is 0.270 e. The van der Waals surface area contributed by atoms with Crippen molar-refractivity contribution in [1.82, 2.24) is 5.32 Å². The van der Waals surface area contributed by atoms with E-state index in [2.05, 4.69) is 5.32 Å². The van der Waals surface area contributed by atoms with Gasteiger partial charge >= 0.3 is 0 Å². The van der Waals surface area contributed by atoms with Crippen LogP contribution in [-0.2, 0) is 0 Å². The topological polar surface area (TPSA) is 58.4 Å². The maximum atomic E-state index is 13.0. The number of alkyl halides is 2. The number of nitrogens with one attached hydrogen (secondary N) is 1. The summed E-state index contributed by atoms with van der Waals surface area (Å²) in [4.78, 5) is 11.7. The van der Waals surface area contributed by atoms with Gasteiger partial charge in [0, 0.05) is 43.5 Å². The van der Waals surface area contributed by atoms with Crippen molar-refractivity contribution in [3.63, 3.8) is 0 Å². The molecule has 18 heavy (non-hydrogen) atoms. The van der Waals surface area contributed by atoms with Crippen molar-refractivity contribution in [3.8, 4) is 0 Å². The number of non-ortho nitro benzene ring substituents is 1. The first-order chi connectivity index (χ1) is 8.50. The van der Waals surface area contributed by atoms with Gasteiger partial charge in [0.1, 0.15) is 0 Å². The zero-order chi connectivity index (χ0) is 13.3. The Labute approximate surface area is 103 Å². The Morgan fingerprint density at radius 1 is 1.50 bits per heavy atom. The van der Waals surface area contributed by atoms with Crippen molar-refractivity contribution >= 4 is 11.4 Å². The van der Waals surface area contributed by atoms with Gasteiger partial charge in [0.25, 0.3) is 12.1 Å². The fourth-order valence-electron chi connectivity index (χ4n) is 1.90. The number of hydrogen-bond donors (Lipinski definition) is 1. The van der Waals surface area contributed by atoms with Crippen LogP contribution in [0.25, 0.3) is 0 Å². The van der Waals surface area contributed by atoms with Crippen molar-refractivity contribution in [2.75, 3.05) is 25.0 Å². The molecule has 1 aromatic rings. The van der Waals surface area contributed by atoms with Crippen LogP contribution in [0.4, 0.5) is 20.2 Å². The second-order valence-corrected chi connectivity index (χ2v) is 4.22. The third kappa shape index (κ3) is 2.26. The second kappa shape index (κ2) is 4.85. The van der Waals surface area contributed by atoms with Gasteiger partial charge in [0.15, 0.2) is 0 Å². The van der Waals surface area contributed by atoms with E-state index in [4.69, 9.17) is 0 Å². The zero-order valence-electron chi connectivity index (χ0n) is 9.77. The number of benzene rings is 1. The molecule has 0 bridgehead atoms. The predicted octanol–water partition coefficient (Wildman–Crippen LogP) is 1.94. The summed E-state index contributed by atoms with van der Waals surface area (Å²) in [7, 11) is 1.72. The van der Waals surface area contributed by atoms with Crippen LogP contribution in [0.5, 0.6) is 0 Å². The highest BCUT2D eigenvalue weighted by atomic mass is 19.3. The van der Waals surface area contributed by atoms with Crippen LogP contribution >= 0.6 is 0 Å². The molecule has 98 valence electrons. The molecule has 0 unspecified atom stereocenters. The lowest BCUT2D eigenvalue weighted by Gasteiger charge is -2.38. The summed E-state index contributed by atoms with van der Waals surface area (Å²) in [5.74, 6) is 0. The Morgan fingerprint density at radius 2 is 2.17 bits per heavy atom. The number of hydrogen-bond acceptors (Lipinski definition) is 4. The standard InChI is InChI=1S/C11H13F2N3O2/c1-15(8-5-14-6-8)10-3-2-7(16(17)18)4-9(10)11(12)13/h2-4,8,11,14H,5-6H2,1H3. The van der Waals surface area contributed by atoms with Crippen molar-refractivity contribution in [1.29, 1.82) is 0 Å². The average molecular weight is 257 g/mol. The number of nitro groups is 1. The molecule has 1 aliphatic rings. The van der Waals surface area contributed by atoms with Crippen molar-refractivity contribution in [2.24, 2.45) is 0 Å². The SMILES string of the molecule is CN(c1ccc([N+](=O)[O-])cc1C(F)F)C1CNC1. The lowest BCUT2D eigenvalue weighted by molar-refractivity contribution is -0.385. The molecule has 1 heterocycles. The molecule has 0 saturated carbocycles. The van der Waals surface area contributed by atoms with Gasteiger partial charge in [-0.05, 0) is 6.07 Å². The number of anilines is 1. The predicted molar refractivity (Wildman–Crippen MR) is 63.1 cm³/mol. The van der Waals surface area contributed by atoms with Gasteiger partial charge in [0.05, 0.1) is 11.0 Å². The maximum Gasteiger partial charge on any atom is 0.270 e. The fourth-order valence-corrected chi connectivity index (χ4v) is 1.90. The molecular formula is C11H13F2N3O2. The first kappa shape index (κ1) is 12.7. The van der Waals surface area contributed by atoms with Gasteiger partial charge < -0.3 is 10.2 Å². The molecule has 0 spiro atoms. The highest BCUT2D eigenvalue weighted by molar-refractivity contribution is 5.59. The maximum absolute atomic E-state index is 13.0. The summed E-state index contributed by atoms with van der Waals surface area (Å²) < 4.78 is 25.9. The summed E-state index contributed by atoms with van der Waals surface area (Å²) in [5, 5.41) is 13.6. The number of rotatable bonds is 4. The summed E-state index contributed by atoms with van der Waals surface area (Å²) in [6.45, 7) is 1.46. The van der Waals surface area contributed by atoms with Crippen molar-refractivity contribution in [2.45, 2.75) is 12.5 Å². The third-order valence-electron chi connectivity index (χ3n) is 3.14. The molecular weight excluding hydrogens is 244 g/mol. The zero-order valence-corrected chi connectivity index (χ0v) is 9.77. The number of nitro benzene ring substituents is 1. The first-order valence-electron chi connectivity index (χ1n) is 5.50. The van der Waals surface area contributed by atoms with Crippen molar-refractivity contribution < 1.29 is 13.7 Å². The minimum absolute atomic E-state index is 0.156. The molecule has 1 aliphatic heterocycles. The lowest BCUT2D eigenvalue weighted by atomic mass is 10.1. The van der Waals surface area contributed by atoms with Crippen molar-refractivity contribution in [3.05, 3.63) is 33.9 Å². The van der Waals surface area contributed by atoms with E-state index in [1.165, 1.54) is 12.1 Å². The summed E-state index contributed by atoms with van der Waals surface area (Å²) in [6.07, 6.45) is -2.73. The van der Waals surface area contributed by atoms with E-state index in [0.717, 1.165) is 19.2 Å². The van der Waals surface area contributed by atoms with Crippen LogP contribution < -0.4 is 10.2 Å². The molecule has 1 N–H and O–H groups in total. The molecule has 0 aliphatic carbocycles. The van der Waals surface area contributed by atoms with E-state index in [9.17, 15) is 18.9 Å². The van der Waals surface area contributed by atoms with E-state index >= 15 is 0 Å². The second-order valence-electron chi connectivity index (χ2n) is 4.22. The van der Waals surface area contributed by atoms with E-state index < -0.39 is 11.3 Å². The largest absolute Gasteiger partial charge is 0.369 e. The lowest BCUT2D eigenvalue weighted by Crippen LogP contribution is -2.56.